The SMILES string of the molecule is O=C(Cn1nc([C@@H]2CCCNC2)n(-c2ccccc2)c1=O)NCc1ccco1. The van der Waals surface area contributed by atoms with Gasteiger partial charge in [-0.1, -0.05) is 18.2 Å². The average molecular weight is 381 g/mol. The van der Waals surface area contributed by atoms with Gasteiger partial charge in [0, 0.05) is 12.5 Å². The lowest BCUT2D eigenvalue weighted by Gasteiger charge is -2.22. The Labute approximate surface area is 162 Å². The molecule has 4 rings (SSSR count). The number of furan rings is 1. The Kier molecular flexibility index (Phi) is 5.38. The minimum Gasteiger partial charge on any atom is -0.467 e. The lowest BCUT2D eigenvalue weighted by Crippen LogP contribution is -2.33. The molecule has 0 aliphatic carbocycles. The molecule has 1 saturated heterocycles. The highest BCUT2D eigenvalue weighted by Crippen LogP contribution is 2.22. The third kappa shape index (κ3) is 3.91. The molecule has 1 amide bonds. The van der Waals surface area contributed by atoms with E-state index in [1.807, 2.05) is 30.3 Å². The van der Waals surface area contributed by atoms with Crippen LogP contribution in [0.25, 0.3) is 5.69 Å². The fourth-order valence-corrected chi connectivity index (χ4v) is 3.47. The van der Waals surface area contributed by atoms with Crippen molar-refractivity contribution in [3.8, 4) is 5.69 Å². The number of carbonyl (C=O) groups excluding carboxylic acids is 1. The third-order valence-electron chi connectivity index (χ3n) is 4.87. The molecule has 0 bridgehead atoms. The predicted molar refractivity (Wildman–Crippen MR) is 103 cm³/mol. The average Bonchev–Trinajstić information content (AvgIpc) is 3.36. The summed E-state index contributed by atoms with van der Waals surface area (Å²) in [6.07, 6.45) is 3.54. The van der Waals surface area contributed by atoms with Gasteiger partial charge in [0.25, 0.3) is 0 Å². The van der Waals surface area contributed by atoms with Crippen LogP contribution in [-0.2, 0) is 17.9 Å². The van der Waals surface area contributed by atoms with Gasteiger partial charge in [0.05, 0.1) is 18.5 Å². The number of benzene rings is 1. The summed E-state index contributed by atoms with van der Waals surface area (Å²) in [4.78, 5) is 25.4. The van der Waals surface area contributed by atoms with E-state index in [0.717, 1.165) is 31.6 Å². The van der Waals surface area contributed by atoms with E-state index in [1.165, 1.54) is 4.68 Å². The molecular weight excluding hydrogens is 358 g/mol. The van der Waals surface area contributed by atoms with Crippen LogP contribution in [0, 0.1) is 0 Å². The summed E-state index contributed by atoms with van der Waals surface area (Å²) in [7, 11) is 0. The van der Waals surface area contributed by atoms with Crippen LogP contribution in [0.2, 0.25) is 0 Å². The molecule has 1 aliphatic rings. The zero-order chi connectivity index (χ0) is 19.3. The lowest BCUT2D eigenvalue weighted by atomic mass is 9.99. The van der Waals surface area contributed by atoms with E-state index in [9.17, 15) is 9.59 Å². The molecule has 1 aromatic carbocycles. The number of nitrogens with zero attached hydrogens (tertiary/aromatic N) is 3. The first-order valence-corrected chi connectivity index (χ1v) is 9.47. The molecule has 8 heteroatoms. The van der Waals surface area contributed by atoms with Gasteiger partial charge in [0.2, 0.25) is 5.91 Å². The second kappa shape index (κ2) is 8.26. The summed E-state index contributed by atoms with van der Waals surface area (Å²) < 4.78 is 8.08. The predicted octanol–water partition coefficient (Wildman–Crippen LogP) is 1.41. The summed E-state index contributed by atoms with van der Waals surface area (Å²) in [6, 6.07) is 13.0. The number of para-hydroxylation sites is 1. The maximum absolute atomic E-state index is 13.0. The van der Waals surface area contributed by atoms with Crippen LogP contribution >= 0.6 is 0 Å². The van der Waals surface area contributed by atoms with Gasteiger partial charge in [-0.15, -0.1) is 0 Å². The largest absolute Gasteiger partial charge is 0.467 e. The second-order valence-corrected chi connectivity index (χ2v) is 6.87. The van der Waals surface area contributed by atoms with Gasteiger partial charge in [0.15, 0.2) is 0 Å². The molecule has 146 valence electrons. The van der Waals surface area contributed by atoms with Gasteiger partial charge in [-0.2, -0.15) is 5.10 Å². The number of piperidine rings is 1. The maximum atomic E-state index is 13.0. The number of carbonyl (C=O) groups is 1. The first-order valence-electron chi connectivity index (χ1n) is 9.47. The van der Waals surface area contributed by atoms with E-state index in [1.54, 1.807) is 23.0 Å². The van der Waals surface area contributed by atoms with E-state index in [4.69, 9.17) is 4.42 Å². The zero-order valence-electron chi connectivity index (χ0n) is 15.5. The van der Waals surface area contributed by atoms with Gasteiger partial charge < -0.3 is 15.1 Å². The monoisotopic (exact) mass is 381 g/mol. The Morgan fingerprint density at radius 3 is 2.82 bits per heavy atom. The number of nitrogens with one attached hydrogen (secondary N) is 2. The quantitative estimate of drug-likeness (QED) is 0.673. The zero-order valence-corrected chi connectivity index (χ0v) is 15.5. The van der Waals surface area contributed by atoms with Crippen LogP contribution in [0.5, 0.6) is 0 Å². The summed E-state index contributed by atoms with van der Waals surface area (Å²) in [5, 5.41) is 10.7. The summed E-state index contributed by atoms with van der Waals surface area (Å²) in [6.45, 7) is 1.89. The Morgan fingerprint density at radius 1 is 1.25 bits per heavy atom. The van der Waals surface area contributed by atoms with Crippen molar-refractivity contribution in [1.29, 1.82) is 0 Å². The number of rotatable bonds is 6. The highest BCUT2D eigenvalue weighted by Gasteiger charge is 2.25. The number of hydrogen-bond donors (Lipinski definition) is 2. The van der Waals surface area contributed by atoms with Crippen molar-refractivity contribution >= 4 is 5.91 Å². The van der Waals surface area contributed by atoms with E-state index in [2.05, 4.69) is 15.7 Å². The van der Waals surface area contributed by atoms with Crippen molar-refractivity contribution in [2.24, 2.45) is 0 Å². The van der Waals surface area contributed by atoms with Crippen LogP contribution in [0.15, 0.2) is 57.9 Å². The highest BCUT2D eigenvalue weighted by atomic mass is 16.3. The van der Waals surface area contributed by atoms with Crippen LogP contribution in [0.4, 0.5) is 0 Å². The van der Waals surface area contributed by atoms with Crippen molar-refractivity contribution in [3.05, 3.63) is 70.8 Å². The Morgan fingerprint density at radius 2 is 2.11 bits per heavy atom. The van der Waals surface area contributed by atoms with E-state index in [0.29, 0.717) is 11.6 Å². The molecule has 28 heavy (non-hydrogen) atoms. The van der Waals surface area contributed by atoms with Gasteiger partial charge >= 0.3 is 5.69 Å². The summed E-state index contributed by atoms with van der Waals surface area (Å²) in [5.41, 5.74) is 0.454. The fourth-order valence-electron chi connectivity index (χ4n) is 3.47. The number of aromatic nitrogens is 3. The Bertz CT molecular complexity index is 969. The van der Waals surface area contributed by atoms with E-state index < -0.39 is 0 Å². The van der Waals surface area contributed by atoms with Crippen LogP contribution in [0.3, 0.4) is 0 Å². The third-order valence-corrected chi connectivity index (χ3v) is 4.87. The van der Waals surface area contributed by atoms with Gasteiger partial charge in [-0.3, -0.25) is 4.79 Å². The Hall–Kier alpha value is -3.13. The molecule has 3 heterocycles. The lowest BCUT2D eigenvalue weighted by molar-refractivity contribution is -0.122. The summed E-state index contributed by atoms with van der Waals surface area (Å²) in [5.74, 6) is 1.20. The first-order chi connectivity index (χ1) is 13.7. The molecule has 1 atom stereocenters. The van der Waals surface area contributed by atoms with Crippen molar-refractivity contribution < 1.29 is 9.21 Å². The first kappa shape index (κ1) is 18.2. The van der Waals surface area contributed by atoms with E-state index in [-0.39, 0.29) is 30.6 Å². The van der Waals surface area contributed by atoms with Crippen LogP contribution in [-0.4, -0.2) is 33.3 Å². The minimum atomic E-state index is -0.306. The fraction of sp³-hybridized carbons (Fsp3) is 0.350. The Balaban J connectivity index is 1.59. The molecule has 8 nitrogen and oxygen atoms in total. The molecule has 0 radical (unpaired) electrons. The van der Waals surface area contributed by atoms with Crippen molar-refractivity contribution in [2.75, 3.05) is 13.1 Å². The molecule has 1 fully saturated rings. The molecular formula is C20H23N5O3. The van der Waals surface area contributed by atoms with Crippen LogP contribution in [0.1, 0.15) is 30.3 Å². The number of amides is 1. The highest BCUT2D eigenvalue weighted by molar-refractivity contribution is 5.75. The van der Waals surface area contributed by atoms with Crippen molar-refractivity contribution in [2.45, 2.75) is 31.8 Å². The molecule has 0 unspecified atom stereocenters. The van der Waals surface area contributed by atoms with Gasteiger partial charge in [-0.05, 0) is 43.7 Å². The standard InChI is InChI=1S/C20H23N5O3/c26-18(22-13-17-9-5-11-28-17)14-24-20(27)25(16-7-2-1-3-8-16)19(23-24)15-6-4-10-21-12-15/h1-3,5,7-9,11,15,21H,4,6,10,12-14H2,(H,22,26)/t15-/m1/s1. The molecule has 0 spiro atoms. The molecule has 0 saturated carbocycles. The maximum Gasteiger partial charge on any atom is 0.351 e. The second-order valence-electron chi connectivity index (χ2n) is 6.87. The van der Waals surface area contributed by atoms with E-state index >= 15 is 0 Å². The molecule has 2 aromatic heterocycles. The smallest absolute Gasteiger partial charge is 0.351 e. The van der Waals surface area contributed by atoms with Crippen LogP contribution < -0.4 is 16.3 Å². The van der Waals surface area contributed by atoms with Gasteiger partial charge in [0.1, 0.15) is 18.1 Å². The molecule has 1 aliphatic heterocycles. The molecule has 2 N–H and O–H groups in total. The topological polar surface area (TPSA) is 94.1 Å². The minimum absolute atomic E-state index is 0.132. The van der Waals surface area contributed by atoms with Gasteiger partial charge in [-0.25, -0.2) is 14.0 Å². The van der Waals surface area contributed by atoms with Crippen molar-refractivity contribution in [1.82, 2.24) is 25.0 Å². The normalized spacial score (nSPS) is 16.8. The van der Waals surface area contributed by atoms with Crippen molar-refractivity contribution in [3.63, 3.8) is 0 Å². The number of hydrogen-bond acceptors (Lipinski definition) is 5. The summed E-state index contributed by atoms with van der Waals surface area (Å²) >= 11 is 0. The molecule has 3 aromatic rings.